The zero-order valence-corrected chi connectivity index (χ0v) is 19.2. The first-order valence-electron chi connectivity index (χ1n) is 7.84. The van der Waals surface area contributed by atoms with Crippen molar-refractivity contribution in [1.29, 1.82) is 5.26 Å². The summed E-state index contributed by atoms with van der Waals surface area (Å²) in [7, 11) is 0. The Bertz CT molecular complexity index is 1010. The molecule has 3 aromatic rings. The summed E-state index contributed by atoms with van der Waals surface area (Å²) in [5, 5.41) is 21.2. The van der Waals surface area contributed by atoms with Crippen LogP contribution in [0.3, 0.4) is 0 Å². The lowest BCUT2D eigenvalue weighted by atomic mass is 10.1. The molecule has 0 spiro atoms. The number of halogens is 2. The van der Waals surface area contributed by atoms with Crippen LogP contribution in [-0.2, 0) is 10.5 Å². The second-order valence-electron chi connectivity index (χ2n) is 5.47. The van der Waals surface area contributed by atoms with Crippen molar-refractivity contribution in [2.45, 2.75) is 27.3 Å². The van der Waals surface area contributed by atoms with Crippen LogP contribution in [0.25, 0.3) is 0 Å². The van der Waals surface area contributed by atoms with E-state index in [1.807, 2.05) is 18.4 Å². The van der Waals surface area contributed by atoms with Crippen molar-refractivity contribution in [2.24, 2.45) is 0 Å². The Morgan fingerprint density at radius 2 is 1.93 bits per heavy atom. The first kappa shape index (κ1) is 21.6. The molecular formula is C17H12Cl2N4OS4. The lowest BCUT2D eigenvalue weighted by molar-refractivity contribution is -0.116. The predicted molar refractivity (Wildman–Crippen MR) is 117 cm³/mol. The number of hydrogen-bond donors (Lipinski definition) is 0. The summed E-state index contributed by atoms with van der Waals surface area (Å²) in [6, 6.07) is 7.44. The van der Waals surface area contributed by atoms with Crippen LogP contribution < -0.4 is 0 Å². The number of hydrogen-bond acceptors (Lipinski definition) is 9. The van der Waals surface area contributed by atoms with Gasteiger partial charge in [-0.25, -0.2) is 4.98 Å². The molecule has 0 saturated heterocycles. The maximum absolute atomic E-state index is 12.4. The van der Waals surface area contributed by atoms with Crippen LogP contribution in [0.1, 0.15) is 22.2 Å². The Kier molecular flexibility index (Phi) is 7.74. The number of nitriles is 1. The molecule has 1 unspecified atom stereocenters. The smallest absolute Gasteiger partial charge is 0.175 e. The van der Waals surface area contributed by atoms with Gasteiger partial charge in [-0.05, 0) is 24.6 Å². The van der Waals surface area contributed by atoms with Gasteiger partial charge in [0.25, 0.3) is 0 Å². The summed E-state index contributed by atoms with van der Waals surface area (Å²) in [6.45, 7) is 1.84. The van der Waals surface area contributed by atoms with Gasteiger partial charge in [0.15, 0.2) is 20.4 Å². The highest BCUT2D eigenvalue weighted by Gasteiger charge is 2.23. The molecule has 3 rings (SSSR count). The average molecular weight is 487 g/mol. The van der Waals surface area contributed by atoms with E-state index >= 15 is 0 Å². The van der Waals surface area contributed by atoms with Gasteiger partial charge in [-0.2, -0.15) is 5.26 Å². The fraction of sp³-hybridized carbons (Fsp3) is 0.235. The SMILES string of the molecule is Cc1csc(C(C#N)C(=O)CSc2nnc(SCc3c(Cl)cccc3Cl)s2)n1. The van der Waals surface area contributed by atoms with Gasteiger partial charge in [0.2, 0.25) is 0 Å². The number of ketones is 1. The van der Waals surface area contributed by atoms with Crippen LogP contribution >= 0.6 is 69.4 Å². The topological polar surface area (TPSA) is 79.5 Å². The van der Waals surface area contributed by atoms with Crippen LogP contribution in [0.2, 0.25) is 10.0 Å². The molecule has 0 aliphatic carbocycles. The Labute approximate surface area is 188 Å². The minimum atomic E-state index is -0.838. The number of benzene rings is 1. The molecule has 1 atom stereocenters. The van der Waals surface area contributed by atoms with Gasteiger partial charge in [-0.1, -0.05) is 64.1 Å². The number of rotatable bonds is 8. The highest BCUT2D eigenvalue weighted by atomic mass is 35.5. The van der Waals surface area contributed by atoms with E-state index in [1.165, 1.54) is 46.2 Å². The van der Waals surface area contributed by atoms with E-state index in [2.05, 4.69) is 15.2 Å². The minimum absolute atomic E-state index is 0.145. The highest BCUT2D eigenvalue weighted by molar-refractivity contribution is 8.03. The summed E-state index contributed by atoms with van der Waals surface area (Å²) in [6.07, 6.45) is 0. The molecule has 0 bridgehead atoms. The van der Waals surface area contributed by atoms with Gasteiger partial charge in [0, 0.05) is 26.9 Å². The summed E-state index contributed by atoms with van der Waals surface area (Å²) in [4.78, 5) is 16.6. The fourth-order valence-corrected chi connectivity index (χ4v) is 6.63. The van der Waals surface area contributed by atoms with E-state index in [-0.39, 0.29) is 11.5 Å². The zero-order chi connectivity index (χ0) is 20.1. The van der Waals surface area contributed by atoms with Crippen LogP contribution in [0, 0.1) is 18.3 Å². The minimum Gasteiger partial charge on any atom is -0.297 e. The lowest BCUT2D eigenvalue weighted by Gasteiger charge is -2.04. The molecule has 0 radical (unpaired) electrons. The van der Waals surface area contributed by atoms with E-state index in [0.29, 0.717) is 25.1 Å². The predicted octanol–water partition coefficient (Wildman–Crippen LogP) is 5.87. The van der Waals surface area contributed by atoms with E-state index in [4.69, 9.17) is 23.2 Å². The fourth-order valence-electron chi connectivity index (χ4n) is 2.10. The van der Waals surface area contributed by atoms with Crippen molar-refractivity contribution in [3.8, 4) is 6.07 Å². The van der Waals surface area contributed by atoms with Gasteiger partial charge in [0.05, 0.1) is 11.8 Å². The molecule has 0 N–H and O–H groups in total. The molecule has 1 aromatic carbocycles. The van der Waals surface area contributed by atoms with Crippen molar-refractivity contribution < 1.29 is 4.79 Å². The third kappa shape index (κ3) is 5.47. The van der Waals surface area contributed by atoms with Crippen molar-refractivity contribution in [1.82, 2.24) is 15.2 Å². The zero-order valence-electron chi connectivity index (χ0n) is 14.4. The number of thioether (sulfide) groups is 2. The molecular weight excluding hydrogens is 475 g/mol. The maximum Gasteiger partial charge on any atom is 0.175 e. The molecule has 0 aliphatic heterocycles. The van der Waals surface area contributed by atoms with Crippen molar-refractivity contribution in [3.05, 3.63) is 49.9 Å². The van der Waals surface area contributed by atoms with Gasteiger partial charge in [0.1, 0.15) is 5.01 Å². The lowest BCUT2D eigenvalue weighted by Crippen LogP contribution is -2.13. The van der Waals surface area contributed by atoms with Crippen molar-refractivity contribution in [2.75, 3.05) is 5.75 Å². The molecule has 2 heterocycles. The molecule has 0 amide bonds. The molecule has 5 nitrogen and oxygen atoms in total. The number of carbonyl (C=O) groups is 1. The second-order valence-corrected chi connectivity index (χ2v) is 10.6. The highest BCUT2D eigenvalue weighted by Crippen LogP contribution is 2.35. The molecule has 0 fully saturated rings. The largest absolute Gasteiger partial charge is 0.297 e. The Morgan fingerprint density at radius 1 is 1.25 bits per heavy atom. The van der Waals surface area contributed by atoms with Gasteiger partial charge in [-0.3, -0.25) is 4.79 Å². The quantitative estimate of drug-likeness (QED) is 0.368. The first-order valence-corrected chi connectivity index (χ1v) is 12.3. The van der Waals surface area contributed by atoms with E-state index in [0.717, 1.165) is 15.6 Å². The van der Waals surface area contributed by atoms with Crippen LogP contribution in [-0.4, -0.2) is 26.7 Å². The number of nitrogens with zero attached hydrogens (tertiary/aromatic N) is 4. The van der Waals surface area contributed by atoms with Crippen LogP contribution in [0.15, 0.2) is 32.3 Å². The van der Waals surface area contributed by atoms with E-state index < -0.39 is 5.92 Å². The Hall–Kier alpha value is -1.15. The summed E-state index contributed by atoms with van der Waals surface area (Å²) in [5.74, 6) is -0.298. The second kappa shape index (κ2) is 10.1. The normalized spacial score (nSPS) is 11.9. The molecule has 11 heteroatoms. The van der Waals surface area contributed by atoms with Crippen LogP contribution in [0.5, 0.6) is 0 Å². The van der Waals surface area contributed by atoms with Gasteiger partial charge < -0.3 is 0 Å². The Morgan fingerprint density at radius 3 is 2.54 bits per heavy atom. The third-order valence-corrected chi connectivity index (χ3v) is 8.44. The number of thiazole rings is 1. The molecule has 28 heavy (non-hydrogen) atoms. The maximum atomic E-state index is 12.4. The average Bonchev–Trinajstić information content (AvgIpc) is 3.29. The Balaban J connectivity index is 1.56. The first-order chi connectivity index (χ1) is 13.5. The van der Waals surface area contributed by atoms with E-state index in [1.54, 1.807) is 18.2 Å². The van der Waals surface area contributed by atoms with E-state index in [9.17, 15) is 10.1 Å². The summed E-state index contributed by atoms with van der Waals surface area (Å²) in [5.41, 5.74) is 1.66. The standard InChI is InChI=1S/C17H12Cl2N4OS4/c1-9-6-25-15(21-9)10(5-20)14(24)8-27-17-23-22-16(28-17)26-7-11-12(18)3-2-4-13(11)19/h2-4,6,10H,7-8H2,1H3. The van der Waals surface area contributed by atoms with Gasteiger partial charge in [-0.15, -0.1) is 21.5 Å². The number of Topliss-reactive ketones (excluding diaryl/α,β-unsaturated/α-hetero) is 1. The third-order valence-electron chi connectivity index (χ3n) is 3.46. The monoisotopic (exact) mass is 486 g/mol. The molecule has 0 aliphatic rings. The number of carbonyl (C=O) groups excluding carboxylic acids is 1. The molecule has 2 aromatic heterocycles. The van der Waals surface area contributed by atoms with Crippen molar-refractivity contribution >= 4 is 75.2 Å². The summed E-state index contributed by atoms with van der Waals surface area (Å²) >= 11 is 17.8. The molecule has 144 valence electrons. The number of aryl methyl sites for hydroxylation is 1. The summed E-state index contributed by atoms with van der Waals surface area (Å²) < 4.78 is 1.44. The molecule has 0 saturated carbocycles. The number of aromatic nitrogens is 3. The van der Waals surface area contributed by atoms with Crippen molar-refractivity contribution in [3.63, 3.8) is 0 Å². The van der Waals surface area contributed by atoms with Crippen LogP contribution in [0.4, 0.5) is 0 Å². The van der Waals surface area contributed by atoms with Gasteiger partial charge >= 0.3 is 0 Å².